The Morgan fingerprint density at radius 1 is 0.319 bits per heavy atom. The lowest BCUT2D eigenvalue weighted by atomic mass is 10.0. The van der Waals surface area contributed by atoms with Crippen LogP contribution < -0.4 is 0 Å². The number of esters is 2. The van der Waals surface area contributed by atoms with Gasteiger partial charge < -0.3 is 14.6 Å². The number of ether oxygens (including phenoxy) is 2. The second-order valence-corrected chi connectivity index (χ2v) is 21.8. The van der Waals surface area contributed by atoms with E-state index in [0.29, 0.717) is 12.8 Å². The third-order valence-corrected chi connectivity index (χ3v) is 14.6. The number of allylic oxidation sites excluding steroid dienone is 8. The van der Waals surface area contributed by atoms with Gasteiger partial charge in [-0.05, 0) is 77.0 Å². The van der Waals surface area contributed by atoms with Gasteiger partial charge in [0, 0.05) is 12.8 Å². The van der Waals surface area contributed by atoms with Gasteiger partial charge in [-0.15, -0.1) is 0 Å². The van der Waals surface area contributed by atoms with Crippen molar-refractivity contribution in [3.05, 3.63) is 48.6 Å². The summed E-state index contributed by atoms with van der Waals surface area (Å²) in [6.45, 7) is 4.18. The molecule has 0 aromatic heterocycles. The Morgan fingerprint density at radius 3 is 0.847 bits per heavy atom. The fraction of sp³-hybridized carbons (Fsp3) is 0.851. The second-order valence-electron chi connectivity index (χ2n) is 21.8. The zero-order valence-corrected chi connectivity index (χ0v) is 48.5. The average Bonchev–Trinajstić information content (AvgIpc) is 3.38. The van der Waals surface area contributed by atoms with Crippen molar-refractivity contribution in [2.45, 2.75) is 354 Å². The van der Waals surface area contributed by atoms with Crippen molar-refractivity contribution in [3.8, 4) is 0 Å². The van der Waals surface area contributed by atoms with E-state index < -0.39 is 6.10 Å². The van der Waals surface area contributed by atoms with E-state index >= 15 is 0 Å². The predicted octanol–water partition coefficient (Wildman–Crippen LogP) is 22.0. The minimum atomic E-state index is -0.772. The van der Waals surface area contributed by atoms with Crippen molar-refractivity contribution in [1.82, 2.24) is 0 Å². The molecule has 0 amide bonds. The van der Waals surface area contributed by atoms with Gasteiger partial charge in [-0.25, -0.2) is 0 Å². The summed E-state index contributed by atoms with van der Waals surface area (Å²) in [6, 6.07) is 0. The molecule has 0 heterocycles. The lowest BCUT2D eigenvalue weighted by Crippen LogP contribution is -2.28. The third-order valence-electron chi connectivity index (χ3n) is 14.6. The van der Waals surface area contributed by atoms with Gasteiger partial charge in [0.25, 0.3) is 0 Å². The SMILES string of the molecule is CCCCCCC/C=C\C/C=C\C/C=C\CCCCCCCCCCCCCCCCCCC(=O)OC(CO)COC(=O)CCCCCCCCCCCCCCCCC/C=C\CCCCCCCCCC. The van der Waals surface area contributed by atoms with Crippen LogP contribution in [-0.4, -0.2) is 36.4 Å². The van der Waals surface area contributed by atoms with E-state index in [1.165, 1.54) is 270 Å². The molecule has 1 N–H and O–H groups in total. The molecule has 5 heteroatoms. The molecule has 0 aromatic carbocycles. The van der Waals surface area contributed by atoms with Crippen LogP contribution >= 0.6 is 0 Å². The summed E-state index contributed by atoms with van der Waals surface area (Å²) in [5, 5.41) is 9.68. The molecule has 0 radical (unpaired) electrons. The fourth-order valence-electron chi connectivity index (χ4n) is 9.74. The average molecular weight is 1010 g/mol. The monoisotopic (exact) mass is 1010 g/mol. The lowest BCUT2D eigenvalue weighted by molar-refractivity contribution is -0.161. The molecule has 0 saturated heterocycles. The number of aliphatic hydroxyl groups is 1. The van der Waals surface area contributed by atoms with Crippen LogP contribution in [-0.2, 0) is 19.1 Å². The second kappa shape index (κ2) is 63.2. The van der Waals surface area contributed by atoms with Gasteiger partial charge in [0.2, 0.25) is 0 Å². The van der Waals surface area contributed by atoms with E-state index in [1.807, 2.05) is 0 Å². The highest BCUT2D eigenvalue weighted by molar-refractivity contribution is 5.70. The van der Waals surface area contributed by atoms with Gasteiger partial charge in [0.05, 0.1) is 6.61 Å². The molecule has 0 bridgehead atoms. The number of carbonyl (C=O) groups is 2. The van der Waals surface area contributed by atoms with E-state index in [9.17, 15) is 14.7 Å². The zero-order chi connectivity index (χ0) is 52.0. The quantitative estimate of drug-likeness (QED) is 0.0373. The van der Waals surface area contributed by atoms with Crippen LogP contribution in [0, 0.1) is 0 Å². The van der Waals surface area contributed by atoms with Gasteiger partial charge >= 0.3 is 11.9 Å². The summed E-state index contributed by atoms with van der Waals surface area (Å²) in [6.07, 6.45) is 84.0. The molecule has 422 valence electrons. The Balaban J connectivity index is 3.43. The fourth-order valence-corrected chi connectivity index (χ4v) is 9.74. The summed E-state index contributed by atoms with van der Waals surface area (Å²) < 4.78 is 10.7. The normalized spacial score (nSPS) is 12.4. The molecule has 0 aliphatic carbocycles. The van der Waals surface area contributed by atoms with Gasteiger partial charge in [-0.2, -0.15) is 0 Å². The molecular weight excluding hydrogens is 885 g/mol. The van der Waals surface area contributed by atoms with Crippen LogP contribution in [0.3, 0.4) is 0 Å². The van der Waals surface area contributed by atoms with Crippen molar-refractivity contribution >= 4 is 11.9 Å². The molecule has 0 aromatic rings. The number of unbranched alkanes of at least 4 members (excludes halogenated alkanes) is 44. The van der Waals surface area contributed by atoms with Crippen molar-refractivity contribution in [2.24, 2.45) is 0 Å². The van der Waals surface area contributed by atoms with E-state index in [1.54, 1.807) is 0 Å². The summed E-state index contributed by atoms with van der Waals surface area (Å²) in [4.78, 5) is 24.6. The van der Waals surface area contributed by atoms with Crippen molar-refractivity contribution in [2.75, 3.05) is 13.2 Å². The Hall–Kier alpha value is -2.14. The van der Waals surface area contributed by atoms with Gasteiger partial charge in [-0.1, -0.05) is 306 Å². The summed E-state index contributed by atoms with van der Waals surface area (Å²) in [5.74, 6) is -0.573. The number of carbonyl (C=O) groups excluding carboxylic acids is 2. The lowest BCUT2D eigenvalue weighted by Gasteiger charge is -2.15. The van der Waals surface area contributed by atoms with Crippen molar-refractivity contribution in [3.63, 3.8) is 0 Å². The smallest absolute Gasteiger partial charge is 0.306 e. The molecule has 0 aliphatic heterocycles. The van der Waals surface area contributed by atoms with Crippen LogP contribution in [0.15, 0.2) is 48.6 Å². The first-order valence-electron chi connectivity index (χ1n) is 32.2. The number of hydrogen-bond acceptors (Lipinski definition) is 5. The van der Waals surface area contributed by atoms with E-state index in [0.717, 1.165) is 51.4 Å². The highest BCUT2D eigenvalue weighted by atomic mass is 16.6. The van der Waals surface area contributed by atoms with Crippen LogP contribution in [0.25, 0.3) is 0 Å². The molecule has 0 fully saturated rings. The van der Waals surface area contributed by atoms with E-state index in [2.05, 4.69) is 62.5 Å². The minimum Gasteiger partial charge on any atom is -0.462 e. The Morgan fingerprint density at radius 2 is 0.556 bits per heavy atom. The van der Waals surface area contributed by atoms with Crippen molar-refractivity contribution < 1.29 is 24.2 Å². The Bertz CT molecular complexity index is 1190. The maximum absolute atomic E-state index is 12.3. The number of hydrogen-bond donors (Lipinski definition) is 1. The molecule has 5 nitrogen and oxygen atoms in total. The highest BCUT2D eigenvalue weighted by Crippen LogP contribution is 2.18. The Kier molecular flexibility index (Phi) is 61.3. The minimum absolute atomic E-state index is 0.0619. The maximum Gasteiger partial charge on any atom is 0.306 e. The molecular formula is C67H124O5. The van der Waals surface area contributed by atoms with E-state index in [4.69, 9.17) is 9.47 Å². The molecule has 1 atom stereocenters. The Labute approximate surface area is 449 Å². The van der Waals surface area contributed by atoms with Crippen molar-refractivity contribution in [1.29, 1.82) is 0 Å². The van der Waals surface area contributed by atoms with Gasteiger partial charge in [0.15, 0.2) is 6.10 Å². The first-order chi connectivity index (χ1) is 35.6. The van der Waals surface area contributed by atoms with Gasteiger partial charge in [0.1, 0.15) is 6.61 Å². The van der Waals surface area contributed by atoms with E-state index in [-0.39, 0.29) is 25.2 Å². The highest BCUT2D eigenvalue weighted by Gasteiger charge is 2.16. The predicted molar refractivity (Wildman–Crippen MR) is 316 cm³/mol. The van der Waals surface area contributed by atoms with Gasteiger partial charge in [-0.3, -0.25) is 9.59 Å². The largest absolute Gasteiger partial charge is 0.462 e. The number of rotatable bonds is 60. The maximum atomic E-state index is 12.3. The molecule has 0 aliphatic rings. The number of aliphatic hydroxyl groups excluding tert-OH is 1. The molecule has 72 heavy (non-hydrogen) atoms. The first kappa shape index (κ1) is 69.9. The molecule has 0 saturated carbocycles. The topological polar surface area (TPSA) is 72.8 Å². The summed E-state index contributed by atoms with van der Waals surface area (Å²) in [5.41, 5.74) is 0. The zero-order valence-electron chi connectivity index (χ0n) is 48.5. The molecule has 0 spiro atoms. The van der Waals surface area contributed by atoms with Crippen LogP contribution in [0.2, 0.25) is 0 Å². The molecule has 1 unspecified atom stereocenters. The van der Waals surface area contributed by atoms with Crippen LogP contribution in [0.1, 0.15) is 348 Å². The van der Waals surface area contributed by atoms with Crippen LogP contribution in [0.5, 0.6) is 0 Å². The summed E-state index contributed by atoms with van der Waals surface area (Å²) in [7, 11) is 0. The first-order valence-corrected chi connectivity index (χ1v) is 32.2. The third kappa shape index (κ3) is 60.4. The standard InChI is InChI=1S/C67H124O5/c1-3-5-7-9-11-13-15-17-19-21-23-25-27-29-31-32-33-34-36-38-40-42-44-46-48-50-52-54-56-58-60-62-67(70)72-65(63-68)64-71-66(69)61-59-57-55-53-51-49-47-45-43-41-39-37-35-30-28-26-24-22-20-18-16-14-12-10-8-6-4-2/h15,17,21-24,27,29,65,68H,3-14,16,18-20,25-26,28,30-64H2,1-2H3/b17-15-,23-21-,24-22-,29-27-. The summed E-state index contributed by atoms with van der Waals surface area (Å²) >= 11 is 0. The molecule has 0 rings (SSSR count). The van der Waals surface area contributed by atoms with Crippen LogP contribution in [0.4, 0.5) is 0 Å².